The van der Waals surface area contributed by atoms with Crippen molar-refractivity contribution < 1.29 is 19.6 Å². The first-order valence-corrected chi connectivity index (χ1v) is 6.54. The maximum absolute atomic E-state index is 11.5. The molecule has 23 heavy (non-hydrogen) atoms. The number of phenols is 1. The molecule has 0 saturated carbocycles. The van der Waals surface area contributed by atoms with Gasteiger partial charge in [0, 0.05) is 11.6 Å². The van der Waals surface area contributed by atoms with Crippen LogP contribution in [0.25, 0.3) is 0 Å². The third-order valence-corrected chi connectivity index (χ3v) is 2.75. The van der Waals surface area contributed by atoms with E-state index in [1.165, 1.54) is 18.2 Å². The summed E-state index contributed by atoms with van der Waals surface area (Å²) < 4.78 is 5.22. The van der Waals surface area contributed by atoms with Gasteiger partial charge in [-0.2, -0.15) is 5.10 Å². The molecule has 8 nitrogen and oxygen atoms in total. The van der Waals surface area contributed by atoms with Crippen LogP contribution in [0.1, 0.15) is 5.56 Å². The molecule has 118 valence electrons. The van der Waals surface area contributed by atoms with Crippen LogP contribution in [0.3, 0.4) is 0 Å². The van der Waals surface area contributed by atoms with Crippen molar-refractivity contribution in [3.63, 3.8) is 0 Å². The predicted molar refractivity (Wildman–Crippen MR) is 82.4 cm³/mol. The molecule has 0 spiro atoms. The molecule has 1 amide bonds. The van der Waals surface area contributed by atoms with Crippen molar-refractivity contribution in [2.45, 2.75) is 0 Å². The van der Waals surface area contributed by atoms with E-state index < -0.39 is 22.3 Å². The highest BCUT2D eigenvalue weighted by Crippen LogP contribution is 2.27. The Morgan fingerprint density at radius 3 is 2.70 bits per heavy atom. The molecule has 0 aliphatic heterocycles. The van der Waals surface area contributed by atoms with Crippen LogP contribution in [-0.2, 0) is 4.79 Å². The van der Waals surface area contributed by atoms with E-state index in [2.05, 4.69) is 10.5 Å². The summed E-state index contributed by atoms with van der Waals surface area (Å²) in [5, 5.41) is 24.0. The van der Waals surface area contributed by atoms with Crippen LogP contribution < -0.4 is 10.2 Å². The highest BCUT2D eigenvalue weighted by molar-refractivity contribution is 5.87. The summed E-state index contributed by atoms with van der Waals surface area (Å²) in [6.07, 6.45) is 1.11. The topological polar surface area (TPSA) is 114 Å². The molecule has 0 fully saturated rings. The zero-order valence-corrected chi connectivity index (χ0v) is 11.9. The second-order valence-corrected chi connectivity index (χ2v) is 4.37. The van der Waals surface area contributed by atoms with Crippen LogP contribution in [0.5, 0.6) is 11.5 Å². The number of rotatable bonds is 6. The highest BCUT2D eigenvalue weighted by atomic mass is 16.6. The number of amides is 1. The number of para-hydroxylation sites is 2. The maximum Gasteiger partial charge on any atom is 0.311 e. The van der Waals surface area contributed by atoms with E-state index in [1.807, 2.05) is 6.07 Å². The zero-order valence-electron chi connectivity index (χ0n) is 11.9. The standard InChI is InChI=1S/C15H13N3O5/c19-14(10-23-12-6-2-1-3-7-12)17-16-9-11-5-4-8-13(15(11)20)18(21)22/h1-9,20H,10H2,(H,17,19)/b16-9+. The van der Waals surface area contributed by atoms with Crippen LogP contribution >= 0.6 is 0 Å². The smallest absolute Gasteiger partial charge is 0.311 e. The van der Waals surface area contributed by atoms with Gasteiger partial charge in [-0.1, -0.05) is 24.3 Å². The van der Waals surface area contributed by atoms with E-state index in [1.54, 1.807) is 24.3 Å². The normalized spacial score (nSPS) is 10.4. The first-order valence-electron chi connectivity index (χ1n) is 6.54. The summed E-state index contributed by atoms with van der Waals surface area (Å²) in [6.45, 7) is -0.234. The summed E-state index contributed by atoms with van der Waals surface area (Å²) in [7, 11) is 0. The van der Waals surface area contributed by atoms with Crippen molar-refractivity contribution in [2.75, 3.05) is 6.61 Å². The summed E-state index contributed by atoms with van der Waals surface area (Å²) in [4.78, 5) is 21.5. The number of benzene rings is 2. The Morgan fingerprint density at radius 1 is 1.26 bits per heavy atom. The van der Waals surface area contributed by atoms with Gasteiger partial charge in [-0.25, -0.2) is 5.43 Å². The first kappa shape index (κ1) is 16.0. The van der Waals surface area contributed by atoms with Gasteiger partial charge in [-0.3, -0.25) is 14.9 Å². The van der Waals surface area contributed by atoms with Crippen molar-refractivity contribution in [3.8, 4) is 11.5 Å². The number of hydrogen-bond acceptors (Lipinski definition) is 6. The number of phenolic OH excluding ortho intramolecular Hbond substituents is 1. The quantitative estimate of drug-likeness (QED) is 0.479. The summed E-state index contributed by atoms with van der Waals surface area (Å²) >= 11 is 0. The molecular formula is C15H13N3O5. The molecule has 0 radical (unpaired) electrons. The van der Waals surface area contributed by atoms with Crippen molar-refractivity contribution >= 4 is 17.8 Å². The second kappa shape index (κ2) is 7.55. The Labute approximate surface area is 131 Å². The number of nitrogens with one attached hydrogen (secondary N) is 1. The molecule has 0 atom stereocenters. The van der Waals surface area contributed by atoms with E-state index >= 15 is 0 Å². The van der Waals surface area contributed by atoms with E-state index in [-0.39, 0.29) is 12.2 Å². The van der Waals surface area contributed by atoms with Gasteiger partial charge in [0.2, 0.25) is 5.75 Å². The van der Waals surface area contributed by atoms with Gasteiger partial charge < -0.3 is 9.84 Å². The number of carbonyl (C=O) groups is 1. The average Bonchev–Trinajstić information content (AvgIpc) is 2.55. The van der Waals surface area contributed by atoms with Gasteiger partial charge in [-0.05, 0) is 18.2 Å². The van der Waals surface area contributed by atoms with E-state index in [4.69, 9.17) is 4.74 Å². The Morgan fingerprint density at radius 2 is 2.00 bits per heavy atom. The Kier molecular flexibility index (Phi) is 5.24. The van der Waals surface area contributed by atoms with Gasteiger partial charge in [0.1, 0.15) is 5.75 Å². The fourth-order valence-corrected chi connectivity index (χ4v) is 1.67. The lowest BCUT2D eigenvalue weighted by atomic mass is 10.2. The second-order valence-electron chi connectivity index (χ2n) is 4.37. The van der Waals surface area contributed by atoms with Gasteiger partial charge in [0.25, 0.3) is 5.91 Å². The van der Waals surface area contributed by atoms with Gasteiger partial charge in [-0.15, -0.1) is 0 Å². The summed E-state index contributed by atoms with van der Waals surface area (Å²) in [5.41, 5.74) is 1.88. The molecule has 2 aromatic carbocycles. The number of hydrogen-bond donors (Lipinski definition) is 2. The molecule has 0 heterocycles. The molecule has 2 rings (SSSR count). The summed E-state index contributed by atoms with van der Waals surface area (Å²) in [5.74, 6) is -0.478. The van der Waals surface area contributed by atoms with Gasteiger partial charge >= 0.3 is 5.69 Å². The van der Waals surface area contributed by atoms with Gasteiger partial charge in [0.15, 0.2) is 6.61 Å². The SMILES string of the molecule is O=C(COc1ccccc1)N/N=C/c1cccc([N+](=O)[O-])c1O. The van der Waals surface area contributed by atoms with Crippen LogP contribution in [0.15, 0.2) is 53.6 Å². The minimum Gasteiger partial charge on any atom is -0.502 e. The molecule has 8 heteroatoms. The van der Waals surface area contributed by atoms with Gasteiger partial charge in [0.05, 0.1) is 11.1 Å². The molecule has 0 aromatic heterocycles. The lowest BCUT2D eigenvalue weighted by Gasteiger charge is -2.04. The molecule has 0 aliphatic rings. The first-order chi connectivity index (χ1) is 11.1. The fourth-order valence-electron chi connectivity index (χ4n) is 1.67. The molecule has 2 aromatic rings. The highest BCUT2D eigenvalue weighted by Gasteiger charge is 2.15. The number of ether oxygens (including phenoxy) is 1. The lowest BCUT2D eigenvalue weighted by Crippen LogP contribution is -2.24. The van der Waals surface area contributed by atoms with Crippen molar-refractivity contribution in [2.24, 2.45) is 5.10 Å². The third-order valence-electron chi connectivity index (χ3n) is 2.75. The Bertz CT molecular complexity index is 731. The zero-order chi connectivity index (χ0) is 16.7. The Hall–Kier alpha value is -3.42. The van der Waals surface area contributed by atoms with Crippen LogP contribution in [0.4, 0.5) is 5.69 Å². The van der Waals surface area contributed by atoms with Crippen molar-refractivity contribution in [1.29, 1.82) is 0 Å². The predicted octanol–water partition coefficient (Wildman–Crippen LogP) is 1.83. The van der Waals surface area contributed by atoms with E-state index in [0.29, 0.717) is 5.75 Å². The number of nitro groups is 1. The largest absolute Gasteiger partial charge is 0.502 e. The monoisotopic (exact) mass is 315 g/mol. The third kappa shape index (κ3) is 4.53. The molecular weight excluding hydrogens is 302 g/mol. The minimum absolute atomic E-state index is 0.114. The maximum atomic E-state index is 11.5. The van der Waals surface area contributed by atoms with Crippen molar-refractivity contribution in [3.05, 3.63) is 64.2 Å². The molecule has 0 unspecified atom stereocenters. The molecule has 0 aliphatic carbocycles. The number of nitro benzene ring substituents is 1. The van der Waals surface area contributed by atoms with Crippen LogP contribution in [0.2, 0.25) is 0 Å². The molecule has 0 saturated heterocycles. The van der Waals surface area contributed by atoms with Crippen LogP contribution in [0, 0.1) is 10.1 Å². The van der Waals surface area contributed by atoms with Crippen LogP contribution in [-0.4, -0.2) is 28.8 Å². The number of carbonyl (C=O) groups excluding carboxylic acids is 1. The van der Waals surface area contributed by atoms with Crippen molar-refractivity contribution in [1.82, 2.24) is 5.43 Å². The number of aromatic hydroxyl groups is 1. The molecule has 0 bridgehead atoms. The molecule has 2 N–H and O–H groups in total. The number of nitrogens with zero attached hydrogens (tertiary/aromatic N) is 2. The lowest BCUT2D eigenvalue weighted by molar-refractivity contribution is -0.385. The fraction of sp³-hybridized carbons (Fsp3) is 0.0667. The van der Waals surface area contributed by atoms with E-state index in [0.717, 1.165) is 6.21 Å². The Balaban J connectivity index is 1.90. The average molecular weight is 315 g/mol. The minimum atomic E-state index is -0.709. The summed E-state index contributed by atoms with van der Waals surface area (Å²) in [6, 6.07) is 12.8. The number of hydrazone groups is 1. The van der Waals surface area contributed by atoms with E-state index in [9.17, 15) is 20.0 Å².